The van der Waals surface area contributed by atoms with Crippen molar-refractivity contribution >= 4 is 0 Å². The Morgan fingerprint density at radius 3 is 0.788 bits per heavy atom. The molecule has 0 amide bonds. The molecule has 0 saturated carbocycles. The Bertz CT molecular complexity index is 356. The average molecular weight is 485 g/mol. The van der Waals surface area contributed by atoms with Crippen LogP contribution in [-0.4, -0.2) is 151 Å². The molecule has 0 aliphatic heterocycles. The average Bonchev–Trinajstić information content (AvgIpc) is 2.80. The van der Waals surface area contributed by atoms with Crippen LogP contribution >= 0.6 is 0 Å². The molecule has 0 heterocycles. The Balaban J connectivity index is 3.00. The number of likely N-dealkylation sites (N-methyl/N-ethyl adjacent to an activating group) is 1. The molecule has 0 saturated heterocycles. The zero-order chi connectivity index (χ0) is 24.1. The van der Waals surface area contributed by atoms with Crippen LogP contribution in [0.15, 0.2) is 0 Å². The third-order valence-electron chi connectivity index (χ3n) is 3.92. The predicted octanol–water partition coefficient (Wildman–Crippen LogP) is -0.344. The van der Waals surface area contributed by atoms with Gasteiger partial charge in [0.1, 0.15) is 0 Å². The van der Waals surface area contributed by atoms with Crippen molar-refractivity contribution in [2.45, 2.75) is 0 Å². The van der Waals surface area contributed by atoms with Gasteiger partial charge < -0.3 is 53.3 Å². The summed E-state index contributed by atoms with van der Waals surface area (Å²) in [7, 11) is 4.04. The number of nitrogens with zero attached hydrogens (tertiary/aromatic N) is 1. The predicted molar refractivity (Wildman–Crippen MR) is 125 cm³/mol. The van der Waals surface area contributed by atoms with Crippen LogP contribution in [0.2, 0.25) is 0 Å². The number of hydrogen-bond donors (Lipinski definition) is 1. The van der Waals surface area contributed by atoms with Gasteiger partial charge in [0.15, 0.2) is 0 Å². The van der Waals surface area contributed by atoms with Crippen molar-refractivity contribution in [1.82, 2.24) is 4.90 Å². The highest BCUT2D eigenvalue weighted by Gasteiger charge is 1.95. The van der Waals surface area contributed by atoms with Crippen molar-refractivity contribution in [2.24, 2.45) is 5.73 Å². The molecule has 11 nitrogen and oxygen atoms in total. The topological polar surface area (TPSA) is 112 Å². The minimum atomic E-state index is 0.530. The van der Waals surface area contributed by atoms with Gasteiger partial charge >= 0.3 is 0 Å². The van der Waals surface area contributed by atoms with Crippen molar-refractivity contribution in [3.8, 4) is 0 Å². The zero-order valence-corrected chi connectivity index (χ0v) is 20.8. The minimum Gasteiger partial charge on any atom is -0.378 e. The first-order valence-electron chi connectivity index (χ1n) is 11.8. The lowest BCUT2D eigenvalue weighted by atomic mass is 10.6. The number of nitrogens with two attached hydrogens (primary N) is 1. The lowest BCUT2D eigenvalue weighted by Crippen LogP contribution is -2.19. The summed E-state index contributed by atoms with van der Waals surface area (Å²) in [6.45, 7) is 11.5. The molecule has 2 N–H and O–H groups in total. The standard InChI is InChI=1S/C22H48N2O9/c1-24(2)4-6-26-8-10-28-12-14-30-16-18-32-20-22-33-21-19-31-17-15-29-13-11-27-9-7-25-5-3-23/h3-23H2,1-2H3. The zero-order valence-electron chi connectivity index (χ0n) is 20.8. The molecule has 0 rings (SSSR count). The SMILES string of the molecule is CN(C)CCOCCOCCOCCOCCOCCOCCOCCOCCOCCN. The van der Waals surface area contributed by atoms with Crippen LogP contribution in [0.3, 0.4) is 0 Å². The molecule has 0 atom stereocenters. The fraction of sp³-hybridized carbons (Fsp3) is 1.00. The Labute approximate surface area is 200 Å². The number of ether oxygens (including phenoxy) is 9. The molecule has 0 aliphatic rings. The lowest BCUT2D eigenvalue weighted by molar-refractivity contribution is -0.0250. The maximum atomic E-state index is 5.44. The first-order valence-corrected chi connectivity index (χ1v) is 11.8. The summed E-state index contributed by atoms with van der Waals surface area (Å²) < 4.78 is 48.6. The van der Waals surface area contributed by atoms with E-state index in [0.29, 0.717) is 119 Å². The van der Waals surface area contributed by atoms with Crippen LogP contribution < -0.4 is 5.73 Å². The molecule has 0 fully saturated rings. The smallest absolute Gasteiger partial charge is 0.0701 e. The first-order chi connectivity index (χ1) is 16.3. The van der Waals surface area contributed by atoms with Crippen LogP contribution in [0.1, 0.15) is 0 Å². The lowest BCUT2D eigenvalue weighted by Gasteiger charge is -2.10. The quantitative estimate of drug-likeness (QED) is 0.141. The van der Waals surface area contributed by atoms with Crippen molar-refractivity contribution < 1.29 is 42.6 Å². The van der Waals surface area contributed by atoms with Gasteiger partial charge in [-0.1, -0.05) is 0 Å². The molecule has 200 valence electrons. The van der Waals surface area contributed by atoms with Crippen molar-refractivity contribution in [2.75, 3.05) is 146 Å². The summed E-state index contributed by atoms with van der Waals surface area (Å²) in [4.78, 5) is 2.08. The largest absolute Gasteiger partial charge is 0.378 e. The second kappa shape index (κ2) is 29.6. The third-order valence-corrected chi connectivity index (χ3v) is 3.92. The molecule has 33 heavy (non-hydrogen) atoms. The van der Waals surface area contributed by atoms with Gasteiger partial charge in [0, 0.05) is 13.1 Å². The molecular formula is C22H48N2O9. The highest BCUT2D eigenvalue weighted by Crippen LogP contribution is 1.86. The summed E-state index contributed by atoms with van der Waals surface area (Å²) in [6.07, 6.45) is 0. The van der Waals surface area contributed by atoms with Gasteiger partial charge in [0.25, 0.3) is 0 Å². The van der Waals surface area contributed by atoms with Crippen LogP contribution in [0.5, 0.6) is 0 Å². The van der Waals surface area contributed by atoms with Gasteiger partial charge in [-0.2, -0.15) is 0 Å². The van der Waals surface area contributed by atoms with Crippen LogP contribution in [-0.2, 0) is 42.6 Å². The van der Waals surface area contributed by atoms with E-state index in [1.54, 1.807) is 0 Å². The van der Waals surface area contributed by atoms with Gasteiger partial charge in [-0.05, 0) is 14.1 Å². The summed E-state index contributed by atoms with van der Waals surface area (Å²) >= 11 is 0. The molecular weight excluding hydrogens is 436 g/mol. The van der Waals surface area contributed by atoms with Crippen LogP contribution in [0.4, 0.5) is 0 Å². The first kappa shape index (κ1) is 32.6. The Morgan fingerprint density at radius 1 is 0.364 bits per heavy atom. The number of hydrogen-bond acceptors (Lipinski definition) is 11. The van der Waals surface area contributed by atoms with E-state index in [-0.39, 0.29) is 0 Å². The summed E-state index contributed by atoms with van der Waals surface area (Å²) in [5.41, 5.74) is 5.32. The molecule has 0 aromatic rings. The van der Waals surface area contributed by atoms with E-state index >= 15 is 0 Å². The second-order valence-electron chi connectivity index (χ2n) is 7.10. The van der Waals surface area contributed by atoms with E-state index in [4.69, 9.17) is 48.4 Å². The van der Waals surface area contributed by atoms with Crippen molar-refractivity contribution in [1.29, 1.82) is 0 Å². The third kappa shape index (κ3) is 31.6. The van der Waals surface area contributed by atoms with Gasteiger partial charge in [0.05, 0.1) is 119 Å². The normalized spacial score (nSPS) is 11.6. The summed E-state index contributed by atoms with van der Waals surface area (Å²) in [5, 5.41) is 0. The molecule has 0 unspecified atom stereocenters. The van der Waals surface area contributed by atoms with E-state index in [2.05, 4.69) is 4.90 Å². The molecule has 11 heteroatoms. The van der Waals surface area contributed by atoms with Gasteiger partial charge in [-0.25, -0.2) is 0 Å². The van der Waals surface area contributed by atoms with E-state index in [1.165, 1.54) is 0 Å². The van der Waals surface area contributed by atoms with Crippen LogP contribution in [0.25, 0.3) is 0 Å². The minimum absolute atomic E-state index is 0.530. The highest BCUT2D eigenvalue weighted by atomic mass is 16.6. The molecule has 0 radical (unpaired) electrons. The molecule has 0 spiro atoms. The van der Waals surface area contributed by atoms with Crippen LogP contribution in [0, 0.1) is 0 Å². The monoisotopic (exact) mass is 484 g/mol. The molecule has 0 aromatic heterocycles. The van der Waals surface area contributed by atoms with Gasteiger partial charge in [-0.15, -0.1) is 0 Å². The second-order valence-corrected chi connectivity index (χ2v) is 7.10. The van der Waals surface area contributed by atoms with E-state index < -0.39 is 0 Å². The van der Waals surface area contributed by atoms with E-state index in [9.17, 15) is 0 Å². The Kier molecular flexibility index (Phi) is 29.2. The Hall–Kier alpha value is -0.440. The molecule has 0 aliphatic carbocycles. The van der Waals surface area contributed by atoms with E-state index in [0.717, 1.165) is 13.2 Å². The van der Waals surface area contributed by atoms with E-state index in [1.807, 2.05) is 14.1 Å². The van der Waals surface area contributed by atoms with Crippen molar-refractivity contribution in [3.63, 3.8) is 0 Å². The molecule has 0 bridgehead atoms. The van der Waals surface area contributed by atoms with Gasteiger partial charge in [0.2, 0.25) is 0 Å². The van der Waals surface area contributed by atoms with Crippen molar-refractivity contribution in [3.05, 3.63) is 0 Å². The number of rotatable bonds is 29. The fourth-order valence-electron chi connectivity index (χ4n) is 2.19. The summed E-state index contributed by atoms with van der Waals surface area (Å²) in [5.74, 6) is 0. The molecule has 0 aromatic carbocycles. The summed E-state index contributed by atoms with van der Waals surface area (Å²) in [6, 6.07) is 0. The maximum Gasteiger partial charge on any atom is 0.0701 e. The highest BCUT2D eigenvalue weighted by molar-refractivity contribution is 4.41. The maximum absolute atomic E-state index is 5.44. The van der Waals surface area contributed by atoms with Gasteiger partial charge in [-0.3, -0.25) is 0 Å². The fourth-order valence-corrected chi connectivity index (χ4v) is 2.19. The Morgan fingerprint density at radius 2 is 0.576 bits per heavy atom.